The molecular formula is C27H32N2O6. The van der Waals surface area contributed by atoms with Crippen molar-refractivity contribution in [2.24, 2.45) is 5.92 Å². The topological polar surface area (TPSA) is 105 Å². The summed E-state index contributed by atoms with van der Waals surface area (Å²) >= 11 is 0. The number of likely N-dealkylation sites (N-methyl/N-ethyl adjacent to an activating group) is 1. The van der Waals surface area contributed by atoms with E-state index in [-0.39, 0.29) is 37.3 Å². The van der Waals surface area contributed by atoms with Crippen LogP contribution in [0, 0.1) is 5.92 Å². The molecule has 0 bridgehead atoms. The molecule has 1 fully saturated rings. The molecule has 1 heterocycles. The van der Waals surface area contributed by atoms with Crippen LogP contribution in [0.5, 0.6) is 0 Å². The van der Waals surface area contributed by atoms with Gasteiger partial charge in [0.25, 0.3) is 5.91 Å². The van der Waals surface area contributed by atoms with Crippen molar-refractivity contribution >= 4 is 18.0 Å². The third-order valence-electron chi connectivity index (χ3n) is 6.82. The molecule has 1 saturated heterocycles. The average molecular weight is 481 g/mol. The molecule has 2 N–H and O–H groups in total. The highest BCUT2D eigenvalue weighted by molar-refractivity contribution is 5.82. The van der Waals surface area contributed by atoms with Crippen LogP contribution in [0.15, 0.2) is 48.5 Å². The minimum absolute atomic E-state index is 0.0128. The van der Waals surface area contributed by atoms with Crippen molar-refractivity contribution in [3.8, 4) is 11.1 Å². The summed E-state index contributed by atoms with van der Waals surface area (Å²) in [6.45, 7) is 3.66. The lowest BCUT2D eigenvalue weighted by Crippen LogP contribution is -2.45. The Hall–Kier alpha value is -3.39. The van der Waals surface area contributed by atoms with Crippen molar-refractivity contribution in [1.29, 1.82) is 0 Å². The molecular weight excluding hydrogens is 448 g/mol. The van der Waals surface area contributed by atoms with Gasteiger partial charge in [0, 0.05) is 44.5 Å². The van der Waals surface area contributed by atoms with Crippen molar-refractivity contribution in [2.75, 3.05) is 32.8 Å². The lowest BCUT2D eigenvalue weighted by atomic mass is 9.98. The predicted octanol–water partition coefficient (Wildman–Crippen LogP) is 3.64. The first-order valence-electron chi connectivity index (χ1n) is 12.2. The molecule has 0 spiro atoms. The Kier molecular flexibility index (Phi) is 8.02. The smallest absolute Gasteiger partial charge is 0.407 e. The summed E-state index contributed by atoms with van der Waals surface area (Å²) in [5, 5.41) is 11.6. The van der Waals surface area contributed by atoms with Crippen molar-refractivity contribution < 1.29 is 29.0 Å². The Morgan fingerprint density at radius 3 is 2.37 bits per heavy atom. The van der Waals surface area contributed by atoms with Crippen molar-refractivity contribution in [3.63, 3.8) is 0 Å². The van der Waals surface area contributed by atoms with Gasteiger partial charge in [-0.05, 0) is 42.0 Å². The zero-order chi connectivity index (χ0) is 24.8. The number of nitrogens with one attached hydrogen (secondary N) is 1. The monoisotopic (exact) mass is 480 g/mol. The summed E-state index contributed by atoms with van der Waals surface area (Å²) in [6.07, 6.45) is -0.0912. The fraction of sp³-hybridized carbons (Fsp3) is 0.444. The first-order valence-corrected chi connectivity index (χ1v) is 12.2. The summed E-state index contributed by atoms with van der Waals surface area (Å²) in [5.74, 6) is -1.21. The van der Waals surface area contributed by atoms with Crippen LogP contribution < -0.4 is 5.32 Å². The number of nitrogens with zero attached hydrogens (tertiary/aromatic N) is 1. The molecule has 0 saturated carbocycles. The SMILES string of the molecule is CCN(CCCC(=O)O)C(=O)C1OCCC1CNC(=O)OCC1c2ccccc2-c2ccccc21. The number of carboxylic acids is 1. The van der Waals surface area contributed by atoms with Gasteiger partial charge in [-0.2, -0.15) is 0 Å². The number of carbonyl (C=O) groups excluding carboxylic acids is 2. The van der Waals surface area contributed by atoms with Crippen LogP contribution >= 0.6 is 0 Å². The van der Waals surface area contributed by atoms with E-state index >= 15 is 0 Å². The van der Waals surface area contributed by atoms with Gasteiger partial charge in [-0.3, -0.25) is 9.59 Å². The van der Waals surface area contributed by atoms with E-state index in [0.717, 1.165) is 11.1 Å². The molecule has 8 heteroatoms. The summed E-state index contributed by atoms with van der Waals surface area (Å²) in [7, 11) is 0. The van der Waals surface area contributed by atoms with Gasteiger partial charge in [-0.1, -0.05) is 48.5 Å². The number of benzene rings is 2. The third-order valence-corrected chi connectivity index (χ3v) is 6.82. The first-order chi connectivity index (χ1) is 17.0. The molecule has 2 atom stereocenters. The molecule has 35 heavy (non-hydrogen) atoms. The van der Waals surface area contributed by atoms with Gasteiger partial charge in [0.2, 0.25) is 0 Å². The Labute approximate surface area is 205 Å². The van der Waals surface area contributed by atoms with E-state index in [1.807, 2.05) is 31.2 Å². The van der Waals surface area contributed by atoms with Crippen LogP contribution in [0.2, 0.25) is 0 Å². The van der Waals surface area contributed by atoms with Crippen LogP contribution in [0.3, 0.4) is 0 Å². The van der Waals surface area contributed by atoms with Gasteiger partial charge in [-0.25, -0.2) is 4.79 Å². The predicted molar refractivity (Wildman–Crippen MR) is 130 cm³/mol. The van der Waals surface area contributed by atoms with E-state index in [1.165, 1.54) is 11.1 Å². The van der Waals surface area contributed by atoms with Crippen molar-refractivity contribution in [2.45, 2.75) is 38.2 Å². The van der Waals surface area contributed by atoms with Gasteiger partial charge in [-0.15, -0.1) is 0 Å². The summed E-state index contributed by atoms with van der Waals surface area (Å²) < 4.78 is 11.3. The highest BCUT2D eigenvalue weighted by Gasteiger charge is 2.37. The van der Waals surface area contributed by atoms with E-state index in [2.05, 4.69) is 29.6 Å². The zero-order valence-corrected chi connectivity index (χ0v) is 19.9. The summed E-state index contributed by atoms with van der Waals surface area (Å²) in [6, 6.07) is 16.3. The number of aliphatic carboxylic acids is 1. The van der Waals surface area contributed by atoms with Crippen molar-refractivity contribution in [1.82, 2.24) is 10.2 Å². The zero-order valence-electron chi connectivity index (χ0n) is 19.9. The number of hydrogen-bond acceptors (Lipinski definition) is 5. The maximum absolute atomic E-state index is 13.0. The lowest BCUT2D eigenvalue weighted by Gasteiger charge is -2.26. The maximum Gasteiger partial charge on any atom is 0.407 e. The number of rotatable bonds is 10. The molecule has 2 amide bonds. The average Bonchev–Trinajstić information content (AvgIpc) is 3.46. The number of ether oxygens (including phenoxy) is 2. The van der Waals surface area contributed by atoms with Crippen LogP contribution in [0.1, 0.15) is 43.2 Å². The number of carboxylic acid groups (broad SMARTS) is 1. The van der Waals surface area contributed by atoms with Gasteiger partial charge in [0.05, 0.1) is 0 Å². The quantitative estimate of drug-likeness (QED) is 0.538. The fourth-order valence-electron chi connectivity index (χ4n) is 5.00. The Morgan fingerprint density at radius 1 is 1.09 bits per heavy atom. The first kappa shape index (κ1) is 24.7. The van der Waals surface area contributed by atoms with Crippen LogP contribution in [-0.4, -0.2) is 66.9 Å². The van der Waals surface area contributed by atoms with Crippen LogP contribution in [0.25, 0.3) is 11.1 Å². The lowest BCUT2D eigenvalue weighted by molar-refractivity contribution is -0.143. The molecule has 1 aliphatic carbocycles. The van der Waals surface area contributed by atoms with Crippen LogP contribution in [0.4, 0.5) is 4.79 Å². The van der Waals surface area contributed by atoms with E-state index in [9.17, 15) is 14.4 Å². The standard InChI is InChI=1S/C27H32N2O6/c1-2-29(14-7-12-24(30)31)26(32)25-18(13-15-34-25)16-28-27(33)35-17-23-21-10-5-3-8-19(21)20-9-4-6-11-22(20)23/h3-6,8-11,18,23,25H,2,7,12-17H2,1H3,(H,28,33)(H,30,31). The van der Waals surface area contributed by atoms with Gasteiger partial charge >= 0.3 is 12.1 Å². The van der Waals surface area contributed by atoms with Gasteiger partial charge in [0.15, 0.2) is 0 Å². The molecule has 186 valence electrons. The molecule has 0 radical (unpaired) electrons. The largest absolute Gasteiger partial charge is 0.481 e. The Bertz CT molecular complexity index is 1030. The number of fused-ring (bicyclic) bond motifs is 3. The van der Waals surface area contributed by atoms with E-state index < -0.39 is 18.2 Å². The number of carbonyl (C=O) groups is 3. The van der Waals surface area contributed by atoms with E-state index in [4.69, 9.17) is 14.6 Å². The molecule has 2 aromatic rings. The Morgan fingerprint density at radius 2 is 1.74 bits per heavy atom. The van der Waals surface area contributed by atoms with E-state index in [1.54, 1.807) is 4.90 Å². The molecule has 2 unspecified atom stereocenters. The number of hydrogen-bond donors (Lipinski definition) is 2. The second-order valence-corrected chi connectivity index (χ2v) is 8.96. The molecule has 8 nitrogen and oxygen atoms in total. The summed E-state index contributed by atoms with van der Waals surface area (Å²) in [5.41, 5.74) is 4.65. The van der Waals surface area contributed by atoms with Gasteiger partial charge < -0.3 is 24.8 Å². The number of alkyl carbamates (subject to hydrolysis) is 1. The van der Waals surface area contributed by atoms with E-state index in [0.29, 0.717) is 32.5 Å². The molecule has 0 aromatic heterocycles. The molecule has 4 rings (SSSR count). The normalized spacial score (nSPS) is 18.5. The highest BCUT2D eigenvalue weighted by Crippen LogP contribution is 2.44. The molecule has 1 aliphatic heterocycles. The minimum atomic E-state index is -0.879. The van der Waals surface area contributed by atoms with Gasteiger partial charge in [0.1, 0.15) is 12.7 Å². The molecule has 2 aromatic carbocycles. The van der Waals surface area contributed by atoms with Crippen molar-refractivity contribution in [3.05, 3.63) is 59.7 Å². The third kappa shape index (κ3) is 5.65. The fourth-order valence-corrected chi connectivity index (χ4v) is 5.00. The highest BCUT2D eigenvalue weighted by atomic mass is 16.5. The number of amides is 2. The summed E-state index contributed by atoms with van der Waals surface area (Å²) in [4.78, 5) is 37.9. The minimum Gasteiger partial charge on any atom is -0.481 e. The second-order valence-electron chi connectivity index (χ2n) is 8.96. The molecule has 2 aliphatic rings. The second kappa shape index (κ2) is 11.4. The Balaban J connectivity index is 1.29. The maximum atomic E-state index is 13.0. The van der Waals surface area contributed by atoms with Crippen LogP contribution in [-0.2, 0) is 19.1 Å².